The van der Waals surface area contributed by atoms with Crippen molar-refractivity contribution < 1.29 is 13.5 Å². The van der Waals surface area contributed by atoms with E-state index in [-0.39, 0.29) is 12.5 Å². The molecule has 0 aliphatic rings. The summed E-state index contributed by atoms with van der Waals surface area (Å²) in [5.74, 6) is 0.115. The van der Waals surface area contributed by atoms with Gasteiger partial charge in [-0.3, -0.25) is 0 Å². The Labute approximate surface area is 125 Å². The molecule has 0 fully saturated rings. The lowest BCUT2D eigenvalue weighted by Crippen LogP contribution is -2.27. The van der Waals surface area contributed by atoms with Crippen LogP contribution in [0, 0.1) is 5.92 Å². The normalized spacial score (nSPS) is 14.1. The van der Waals surface area contributed by atoms with E-state index >= 15 is 0 Å². The van der Waals surface area contributed by atoms with Crippen molar-refractivity contribution in [2.24, 2.45) is 5.92 Å². The highest BCUT2D eigenvalue weighted by molar-refractivity contribution is 7.92. The van der Waals surface area contributed by atoms with E-state index in [1.807, 2.05) is 13.8 Å². The highest BCUT2D eigenvalue weighted by Crippen LogP contribution is 2.11. The fourth-order valence-electron chi connectivity index (χ4n) is 1.47. The monoisotopic (exact) mass is 317 g/mol. The maximum atomic E-state index is 11.7. The molecule has 0 bridgehead atoms. The summed E-state index contributed by atoms with van der Waals surface area (Å²) in [5.41, 5.74) is 0.752. The van der Waals surface area contributed by atoms with Crippen molar-refractivity contribution in [3.05, 3.63) is 40.3 Å². The Balaban J connectivity index is 2.51. The van der Waals surface area contributed by atoms with Crippen LogP contribution < -0.4 is 4.72 Å². The van der Waals surface area contributed by atoms with Gasteiger partial charge in [0.05, 0.1) is 6.10 Å². The second-order valence-electron chi connectivity index (χ2n) is 4.89. The number of hydrogen-bond acceptors (Lipinski definition) is 3. The van der Waals surface area contributed by atoms with Gasteiger partial charge in [-0.25, -0.2) is 13.1 Å². The second-order valence-corrected chi connectivity index (χ2v) is 6.98. The van der Waals surface area contributed by atoms with Gasteiger partial charge in [0.15, 0.2) is 0 Å². The van der Waals surface area contributed by atoms with Gasteiger partial charge >= 0.3 is 0 Å². The first kappa shape index (κ1) is 17.2. The zero-order valence-electron chi connectivity index (χ0n) is 11.6. The number of hydrogen-bond donors (Lipinski definition) is 2. The molecule has 0 aliphatic carbocycles. The van der Waals surface area contributed by atoms with E-state index in [1.54, 1.807) is 24.3 Å². The highest BCUT2D eigenvalue weighted by atomic mass is 35.5. The van der Waals surface area contributed by atoms with Crippen LogP contribution in [-0.2, 0) is 10.0 Å². The fourth-order valence-corrected chi connectivity index (χ4v) is 2.43. The number of rotatable bonds is 7. The van der Waals surface area contributed by atoms with E-state index in [1.165, 1.54) is 6.08 Å². The van der Waals surface area contributed by atoms with Gasteiger partial charge in [0.25, 0.3) is 0 Å². The van der Waals surface area contributed by atoms with Crippen LogP contribution in [0.3, 0.4) is 0 Å². The summed E-state index contributed by atoms with van der Waals surface area (Å²) < 4.78 is 25.9. The first-order valence-electron chi connectivity index (χ1n) is 6.41. The summed E-state index contributed by atoms with van der Waals surface area (Å²) in [6.45, 7) is 3.99. The molecule has 1 aromatic rings. The zero-order chi connectivity index (χ0) is 15.2. The SMILES string of the molecule is CC(C)C(O)CCNS(=O)(=O)/C=C/c1ccc(Cl)cc1. The van der Waals surface area contributed by atoms with Crippen molar-refractivity contribution >= 4 is 27.7 Å². The zero-order valence-corrected chi connectivity index (χ0v) is 13.2. The van der Waals surface area contributed by atoms with Crippen molar-refractivity contribution in [1.82, 2.24) is 4.72 Å². The standard InChI is InChI=1S/C14H20ClNO3S/c1-11(2)14(17)7-9-16-20(18,19)10-8-12-3-5-13(15)6-4-12/h3-6,8,10-11,14,16-17H,7,9H2,1-2H3/b10-8+. The molecule has 6 heteroatoms. The number of aliphatic hydroxyl groups excluding tert-OH is 1. The number of sulfonamides is 1. The minimum Gasteiger partial charge on any atom is -0.393 e. The van der Waals surface area contributed by atoms with Crippen molar-refractivity contribution in [1.29, 1.82) is 0 Å². The Morgan fingerprint density at radius 2 is 1.90 bits per heavy atom. The lowest BCUT2D eigenvalue weighted by Gasteiger charge is -2.13. The van der Waals surface area contributed by atoms with Crippen LogP contribution in [0.5, 0.6) is 0 Å². The lowest BCUT2D eigenvalue weighted by atomic mass is 10.1. The van der Waals surface area contributed by atoms with E-state index in [2.05, 4.69) is 4.72 Å². The average molecular weight is 318 g/mol. The molecular weight excluding hydrogens is 298 g/mol. The molecule has 20 heavy (non-hydrogen) atoms. The molecule has 0 radical (unpaired) electrons. The van der Waals surface area contributed by atoms with Crippen LogP contribution in [0.2, 0.25) is 5.02 Å². The summed E-state index contributed by atoms with van der Waals surface area (Å²) in [7, 11) is -3.49. The molecule has 1 rings (SSSR count). The van der Waals surface area contributed by atoms with Crippen LogP contribution in [-0.4, -0.2) is 26.2 Å². The molecular formula is C14H20ClNO3S. The largest absolute Gasteiger partial charge is 0.393 e. The predicted molar refractivity (Wildman–Crippen MR) is 82.9 cm³/mol. The van der Waals surface area contributed by atoms with E-state index < -0.39 is 16.1 Å². The summed E-state index contributed by atoms with van der Waals surface area (Å²) >= 11 is 5.75. The summed E-state index contributed by atoms with van der Waals surface area (Å²) in [4.78, 5) is 0. The first-order valence-corrected chi connectivity index (χ1v) is 8.34. The molecule has 0 amide bonds. The molecule has 1 aromatic carbocycles. The van der Waals surface area contributed by atoms with Gasteiger partial charge in [0, 0.05) is 17.0 Å². The Hall–Kier alpha value is -0.880. The van der Waals surface area contributed by atoms with E-state index in [0.29, 0.717) is 11.4 Å². The molecule has 1 unspecified atom stereocenters. The van der Waals surface area contributed by atoms with Crippen molar-refractivity contribution in [2.75, 3.05) is 6.54 Å². The van der Waals surface area contributed by atoms with Gasteiger partial charge in [-0.1, -0.05) is 37.6 Å². The Morgan fingerprint density at radius 3 is 2.45 bits per heavy atom. The molecule has 0 aromatic heterocycles. The van der Waals surface area contributed by atoms with Crippen molar-refractivity contribution in [3.63, 3.8) is 0 Å². The van der Waals surface area contributed by atoms with E-state index in [9.17, 15) is 13.5 Å². The quantitative estimate of drug-likeness (QED) is 0.812. The number of nitrogens with one attached hydrogen (secondary N) is 1. The Bertz CT molecular complexity index is 538. The Kier molecular flexibility index (Phi) is 6.68. The third-order valence-corrected chi connectivity index (χ3v) is 4.18. The van der Waals surface area contributed by atoms with Gasteiger partial charge < -0.3 is 5.11 Å². The summed E-state index contributed by atoms with van der Waals surface area (Å²) in [6, 6.07) is 6.86. The lowest BCUT2D eigenvalue weighted by molar-refractivity contribution is 0.118. The minimum absolute atomic E-state index is 0.115. The van der Waals surface area contributed by atoms with E-state index in [4.69, 9.17) is 11.6 Å². The molecule has 4 nitrogen and oxygen atoms in total. The van der Waals surface area contributed by atoms with Gasteiger partial charge in [0.2, 0.25) is 10.0 Å². The number of benzene rings is 1. The minimum atomic E-state index is -3.49. The van der Waals surface area contributed by atoms with Crippen LogP contribution in [0.15, 0.2) is 29.7 Å². The summed E-state index contributed by atoms with van der Waals surface area (Å²) in [5, 5.41) is 11.3. The van der Waals surface area contributed by atoms with E-state index in [0.717, 1.165) is 11.0 Å². The smallest absolute Gasteiger partial charge is 0.233 e. The maximum absolute atomic E-state index is 11.7. The van der Waals surface area contributed by atoms with Crippen LogP contribution in [0.25, 0.3) is 6.08 Å². The first-order chi connectivity index (χ1) is 9.30. The van der Waals surface area contributed by atoms with Crippen LogP contribution in [0.1, 0.15) is 25.8 Å². The fraction of sp³-hybridized carbons (Fsp3) is 0.429. The van der Waals surface area contributed by atoms with Crippen molar-refractivity contribution in [2.45, 2.75) is 26.4 Å². The van der Waals surface area contributed by atoms with Crippen LogP contribution >= 0.6 is 11.6 Å². The van der Waals surface area contributed by atoms with Crippen molar-refractivity contribution in [3.8, 4) is 0 Å². The predicted octanol–water partition coefficient (Wildman–Crippen LogP) is 2.64. The molecule has 112 valence electrons. The van der Waals surface area contributed by atoms with Gasteiger partial charge in [-0.05, 0) is 36.1 Å². The third-order valence-electron chi connectivity index (χ3n) is 2.82. The van der Waals surface area contributed by atoms with Crippen LogP contribution in [0.4, 0.5) is 0 Å². The van der Waals surface area contributed by atoms with Gasteiger partial charge in [0.1, 0.15) is 0 Å². The topological polar surface area (TPSA) is 66.4 Å². The molecule has 2 N–H and O–H groups in total. The summed E-state index contributed by atoms with van der Waals surface area (Å²) in [6.07, 6.45) is 1.39. The van der Waals surface area contributed by atoms with Gasteiger partial charge in [-0.15, -0.1) is 0 Å². The number of halogens is 1. The number of aliphatic hydroxyl groups is 1. The molecule has 0 saturated carbocycles. The molecule has 0 aliphatic heterocycles. The maximum Gasteiger partial charge on any atom is 0.233 e. The third kappa shape index (κ3) is 6.52. The molecule has 1 atom stereocenters. The molecule has 0 saturated heterocycles. The highest BCUT2D eigenvalue weighted by Gasteiger charge is 2.10. The van der Waals surface area contributed by atoms with Gasteiger partial charge in [-0.2, -0.15) is 0 Å². The second kappa shape index (κ2) is 7.78. The molecule has 0 heterocycles. The molecule has 0 spiro atoms. The average Bonchev–Trinajstić information content (AvgIpc) is 2.37. The Morgan fingerprint density at radius 1 is 1.30 bits per heavy atom.